The van der Waals surface area contributed by atoms with Gasteiger partial charge in [-0.3, -0.25) is 4.99 Å². The maximum atomic E-state index is 5.82. The number of ether oxygens (including phenoxy) is 1. The maximum Gasteiger partial charge on any atom is 0.119 e. The van der Waals surface area contributed by atoms with Gasteiger partial charge in [-0.25, -0.2) is 0 Å². The van der Waals surface area contributed by atoms with E-state index < -0.39 is 0 Å². The molecule has 2 nitrogen and oxygen atoms in total. The van der Waals surface area contributed by atoms with Crippen molar-refractivity contribution in [3.63, 3.8) is 0 Å². The maximum absolute atomic E-state index is 5.82. The molecule has 0 atom stereocenters. The number of aliphatic imine (C=N–C) groups is 1. The highest BCUT2D eigenvalue weighted by atomic mass is 16.5. The Hall–Kier alpha value is -3.39. The van der Waals surface area contributed by atoms with Gasteiger partial charge in [0.05, 0.1) is 5.69 Å². The summed E-state index contributed by atoms with van der Waals surface area (Å²) >= 11 is 0. The number of fused-ring (bicyclic) bond motifs is 1. The summed E-state index contributed by atoms with van der Waals surface area (Å²) in [5.41, 5.74) is 3.19. The van der Waals surface area contributed by atoms with Gasteiger partial charge in [-0.05, 0) is 46.8 Å². The number of nitrogens with zero attached hydrogens (tertiary/aromatic N) is 1. The fourth-order valence-electron chi connectivity index (χ4n) is 2.86. The van der Waals surface area contributed by atoms with Gasteiger partial charge in [-0.2, -0.15) is 0 Å². The molecule has 0 aromatic heterocycles. The molecule has 0 amide bonds. The van der Waals surface area contributed by atoms with E-state index in [9.17, 15) is 0 Å². The van der Waals surface area contributed by atoms with Crippen LogP contribution in [-0.4, -0.2) is 6.21 Å². The van der Waals surface area contributed by atoms with Crippen LogP contribution < -0.4 is 4.74 Å². The highest BCUT2D eigenvalue weighted by Crippen LogP contribution is 2.25. The molecule has 4 aromatic carbocycles. The summed E-state index contributed by atoms with van der Waals surface area (Å²) in [7, 11) is 0. The summed E-state index contributed by atoms with van der Waals surface area (Å²) in [6, 6.07) is 32.6. The van der Waals surface area contributed by atoms with E-state index in [-0.39, 0.29) is 7.43 Å². The van der Waals surface area contributed by atoms with Crippen molar-refractivity contribution in [2.24, 2.45) is 4.99 Å². The van der Waals surface area contributed by atoms with Crippen molar-refractivity contribution < 1.29 is 4.74 Å². The molecule has 0 aliphatic carbocycles. The van der Waals surface area contributed by atoms with Crippen molar-refractivity contribution in [1.29, 1.82) is 0 Å². The molecule has 0 aliphatic heterocycles. The van der Waals surface area contributed by atoms with E-state index in [1.807, 2.05) is 72.9 Å². The minimum absolute atomic E-state index is 0. The zero-order chi connectivity index (χ0) is 17.6. The lowest BCUT2D eigenvalue weighted by Gasteiger charge is -2.06. The Labute approximate surface area is 160 Å². The average Bonchev–Trinajstić information content (AvgIpc) is 2.72. The smallest absolute Gasteiger partial charge is 0.119 e. The van der Waals surface area contributed by atoms with Gasteiger partial charge in [-0.1, -0.05) is 74.2 Å². The van der Waals surface area contributed by atoms with Crippen LogP contribution in [0.25, 0.3) is 10.8 Å². The van der Waals surface area contributed by atoms with Crippen LogP contribution in [0.5, 0.6) is 5.75 Å². The summed E-state index contributed by atoms with van der Waals surface area (Å²) in [5.74, 6) is 0.858. The second-order valence-electron chi connectivity index (χ2n) is 6.10. The van der Waals surface area contributed by atoms with Crippen LogP contribution in [0.2, 0.25) is 0 Å². The minimum atomic E-state index is 0. The first-order chi connectivity index (χ1) is 12.9. The molecule has 27 heavy (non-hydrogen) atoms. The molecule has 0 N–H and O–H groups in total. The monoisotopic (exact) mass is 353 g/mol. The van der Waals surface area contributed by atoms with E-state index in [1.54, 1.807) is 0 Å². The Morgan fingerprint density at radius 1 is 0.704 bits per heavy atom. The van der Waals surface area contributed by atoms with E-state index >= 15 is 0 Å². The lowest BCUT2D eigenvalue weighted by molar-refractivity contribution is 0.306. The molecule has 0 radical (unpaired) electrons. The van der Waals surface area contributed by atoms with E-state index in [0.29, 0.717) is 6.61 Å². The molecule has 0 aliphatic rings. The topological polar surface area (TPSA) is 21.6 Å². The number of benzene rings is 4. The fraction of sp³-hybridized carbons (Fsp3) is 0.0800. The third-order valence-electron chi connectivity index (χ3n) is 4.25. The highest BCUT2D eigenvalue weighted by Gasteiger charge is 1.99. The molecule has 0 heterocycles. The van der Waals surface area contributed by atoms with E-state index in [4.69, 9.17) is 4.74 Å². The lowest BCUT2D eigenvalue weighted by atomic mass is 10.1. The predicted molar refractivity (Wildman–Crippen MR) is 115 cm³/mol. The zero-order valence-electron chi connectivity index (χ0n) is 14.4. The summed E-state index contributed by atoms with van der Waals surface area (Å²) in [6.07, 6.45) is 1.89. The van der Waals surface area contributed by atoms with Gasteiger partial charge >= 0.3 is 0 Å². The average molecular weight is 353 g/mol. The molecule has 4 aromatic rings. The second kappa shape index (κ2) is 8.81. The molecule has 2 heteroatoms. The largest absolute Gasteiger partial charge is 0.489 e. The lowest BCUT2D eigenvalue weighted by Crippen LogP contribution is -1.94. The normalized spacial score (nSPS) is 10.7. The Bertz CT molecular complexity index is 1020. The van der Waals surface area contributed by atoms with E-state index in [1.165, 1.54) is 5.39 Å². The molecule has 0 unspecified atom stereocenters. The first-order valence-corrected chi connectivity index (χ1v) is 8.67. The molecule has 0 saturated carbocycles. The van der Waals surface area contributed by atoms with Gasteiger partial charge in [0, 0.05) is 11.6 Å². The van der Waals surface area contributed by atoms with Crippen LogP contribution in [0.3, 0.4) is 0 Å². The van der Waals surface area contributed by atoms with Gasteiger partial charge in [0.1, 0.15) is 12.4 Å². The van der Waals surface area contributed by atoms with Gasteiger partial charge in [-0.15, -0.1) is 0 Å². The Morgan fingerprint density at radius 3 is 2.22 bits per heavy atom. The van der Waals surface area contributed by atoms with Gasteiger partial charge in [0.15, 0.2) is 0 Å². The Morgan fingerprint density at radius 2 is 1.41 bits per heavy atom. The molecule has 0 fully saturated rings. The summed E-state index contributed by atoms with van der Waals surface area (Å²) < 4.78 is 5.82. The van der Waals surface area contributed by atoms with Crippen LogP contribution in [0, 0.1) is 0 Å². The van der Waals surface area contributed by atoms with Crippen LogP contribution in [0.15, 0.2) is 102 Å². The fourth-order valence-corrected chi connectivity index (χ4v) is 2.86. The van der Waals surface area contributed by atoms with Gasteiger partial charge < -0.3 is 4.74 Å². The molecule has 0 spiro atoms. The number of rotatable bonds is 5. The summed E-state index contributed by atoms with van der Waals surface area (Å²) in [5, 5.41) is 2.36. The van der Waals surface area contributed by atoms with Crippen molar-refractivity contribution in [3.05, 3.63) is 108 Å². The minimum Gasteiger partial charge on any atom is -0.489 e. The predicted octanol–water partition coefficient (Wildman–Crippen LogP) is 6.81. The van der Waals surface area contributed by atoms with Crippen LogP contribution >= 0.6 is 0 Å². The quantitative estimate of drug-likeness (QED) is 0.361. The molecule has 134 valence electrons. The van der Waals surface area contributed by atoms with Crippen LogP contribution in [0.4, 0.5) is 5.69 Å². The third-order valence-corrected chi connectivity index (χ3v) is 4.25. The van der Waals surface area contributed by atoms with Gasteiger partial charge in [0.2, 0.25) is 0 Å². The first kappa shape index (κ1) is 18.4. The van der Waals surface area contributed by atoms with Crippen molar-refractivity contribution in [2.75, 3.05) is 0 Å². The molecule has 0 saturated heterocycles. The highest BCUT2D eigenvalue weighted by molar-refractivity contribution is 5.95. The Balaban J connectivity index is 0.00000210. The summed E-state index contributed by atoms with van der Waals surface area (Å²) in [4.78, 5) is 4.66. The van der Waals surface area contributed by atoms with E-state index in [0.717, 1.165) is 28.0 Å². The first-order valence-electron chi connectivity index (χ1n) is 8.67. The van der Waals surface area contributed by atoms with E-state index in [2.05, 4.69) is 35.3 Å². The van der Waals surface area contributed by atoms with Crippen molar-refractivity contribution in [1.82, 2.24) is 0 Å². The van der Waals surface area contributed by atoms with Crippen molar-refractivity contribution in [3.8, 4) is 5.75 Å². The molecule has 0 bridgehead atoms. The molecular formula is C25H23NO. The Kier molecular flexibility index (Phi) is 6.01. The number of hydrogen-bond acceptors (Lipinski definition) is 2. The summed E-state index contributed by atoms with van der Waals surface area (Å²) in [6.45, 7) is 0.574. The number of hydrogen-bond donors (Lipinski definition) is 0. The molecular weight excluding hydrogens is 330 g/mol. The standard InChI is InChI=1S/C24H19NO.CH4/c1-2-7-20(8-3-1)18-26-22-15-13-19(14-16-22)17-25-24-12-6-10-21-9-4-5-11-23(21)24;/h1-17H,18H2;1H4. The van der Waals surface area contributed by atoms with Gasteiger partial charge in [0.25, 0.3) is 0 Å². The third kappa shape index (κ3) is 4.62. The van der Waals surface area contributed by atoms with Crippen LogP contribution in [0.1, 0.15) is 18.6 Å². The van der Waals surface area contributed by atoms with Crippen molar-refractivity contribution >= 4 is 22.7 Å². The zero-order valence-corrected chi connectivity index (χ0v) is 14.4. The van der Waals surface area contributed by atoms with Crippen molar-refractivity contribution in [2.45, 2.75) is 14.0 Å². The van der Waals surface area contributed by atoms with Crippen LogP contribution in [-0.2, 0) is 6.61 Å². The second-order valence-corrected chi connectivity index (χ2v) is 6.10. The SMILES string of the molecule is C.C(=Nc1cccc2ccccc12)c1ccc(OCc2ccccc2)cc1. The molecule has 4 rings (SSSR count).